The third-order valence-corrected chi connectivity index (χ3v) is 9.98. The molecule has 0 unspecified atom stereocenters. The second-order valence-corrected chi connectivity index (χ2v) is 13.5. The topological polar surface area (TPSA) is 64.6 Å². The Labute approximate surface area is 169 Å². The molecule has 0 saturated heterocycles. The quantitative estimate of drug-likeness (QED) is 0.458. The van der Waals surface area contributed by atoms with Crippen LogP contribution in [0.3, 0.4) is 0 Å². The van der Waals surface area contributed by atoms with E-state index in [2.05, 4.69) is 39.2 Å². The van der Waals surface area contributed by atoms with Gasteiger partial charge in [0.05, 0.1) is 6.04 Å². The normalized spacial score (nSPS) is 23.8. The molecule has 0 saturated carbocycles. The maximum absolute atomic E-state index is 12.8. The highest BCUT2D eigenvalue weighted by atomic mass is 28.4. The number of hydrogen-bond acceptors (Lipinski definition) is 4. The molecule has 1 aliphatic heterocycles. The summed E-state index contributed by atoms with van der Waals surface area (Å²) in [5.74, 6) is -0.422. The van der Waals surface area contributed by atoms with Crippen LogP contribution < -0.4 is 5.32 Å². The first-order valence-electron chi connectivity index (χ1n) is 9.94. The summed E-state index contributed by atoms with van der Waals surface area (Å²) in [6.07, 6.45) is 4.74. The van der Waals surface area contributed by atoms with E-state index in [1.807, 2.05) is 42.5 Å². The van der Waals surface area contributed by atoms with Gasteiger partial charge in [0.1, 0.15) is 12.7 Å². The Bertz CT molecular complexity index is 694. The molecule has 5 nitrogen and oxygen atoms in total. The van der Waals surface area contributed by atoms with Crippen LogP contribution in [0.25, 0.3) is 0 Å². The lowest BCUT2D eigenvalue weighted by atomic mass is 10.1. The van der Waals surface area contributed by atoms with E-state index >= 15 is 0 Å². The van der Waals surface area contributed by atoms with Crippen LogP contribution in [0.4, 0.5) is 0 Å². The van der Waals surface area contributed by atoms with Crippen molar-refractivity contribution in [2.75, 3.05) is 6.61 Å². The van der Waals surface area contributed by atoms with E-state index in [1.165, 1.54) is 0 Å². The SMILES string of the molecule is CC(C)(C)[Si](C)(C)O[C@@H]1C/C=C\CCC(=O)N[C@H](c2ccccc2)COC1=O. The second kappa shape index (κ2) is 9.52. The Morgan fingerprint density at radius 1 is 1.11 bits per heavy atom. The molecule has 1 aromatic carbocycles. The van der Waals surface area contributed by atoms with Crippen molar-refractivity contribution in [3.05, 3.63) is 48.0 Å². The number of rotatable bonds is 3. The van der Waals surface area contributed by atoms with Gasteiger partial charge in [-0.1, -0.05) is 63.3 Å². The zero-order valence-corrected chi connectivity index (χ0v) is 18.7. The summed E-state index contributed by atoms with van der Waals surface area (Å²) >= 11 is 0. The van der Waals surface area contributed by atoms with Gasteiger partial charge in [-0.3, -0.25) is 4.79 Å². The zero-order chi connectivity index (χ0) is 20.8. The lowest BCUT2D eigenvalue weighted by Crippen LogP contribution is -2.46. The third kappa shape index (κ3) is 6.31. The number of hydrogen-bond donors (Lipinski definition) is 1. The van der Waals surface area contributed by atoms with Gasteiger partial charge in [-0.2, -0.15) is 0 Å². The predicted molar refractivity (Wildman–Crippen MR) is 113 cm³/mol. The highest BCUT2D eigenvalue weighted by Crippen LogP contribution is 2.37. The van der Waals surface area contributed by atoms with Crippen LogP contribution >= 0.6 is 0 Å². The fourth-order valence-corrected chi connectivity index (χ4v) is 3.97. The molecule has 28 heavy (non-hydrogen) atoms. The van der Waals surface area contributed by atoms with Gasteiger partial charge < -0.3 is 14.5 Å². The van der Waals surface area contributed by atoms with E-state index in [9.17, 15) is 9.59 Å². The first-order chi connectivity index (χ1) is 13.1. The van der Waals surface area contributed by atoms with Crippen LogP contribution in [0.5, 0.6) is 0 Å². The molecule has 0 bridgehead atoms. The number of allylic oxidation sites excluding steroid dienone is 1. The van der Waals surface area contributed by atoms with Crippen LogP contribution in [-0.4, -0.2) is 32.9 Å². The predicted octanol–water partition coefficient (Wildman–Crippen LogP) is 4.52. The molecule has 1 aliphatic rings. The largest absolute Gasteiger partial charge is 0.461 e. The molecule has 0 radical (unpaired) electrons. The van der Waals surface area contributed by atoms with Crippen LogP contribution in [-0.2, 0) is 18.8 Å². The average Bonchev–Trinajstić information content (AvgIpc) is 2.62. The minimum absolute atomic E-state index is 0.00122. The summed E-state index contributed by atoms with van der Waals surface area (Å²) < 4.78 is 12.0. The van der Waals surface area contributed by atoms with Gasteiger partial charge in [0.2, 0.25) is 5.91 Å². The smallest absolute Gasteiger partial charge is 0.334 e. The molecule has 0 spiro atoms. The van der Waals surface area contributed by atoms with Crippen molar-refractivity contribution in [3.8, 4) is 0 Å². The first-order valence-corrected chi connectivity index (χ1v) is 12.8. The van der Waals surface area contributed by atoms with Gasteiger partial charge in [0.15, 0.2) is 8.32 Å². The Morgan fingerprint density at radius 2 is 1.79 bits per heavy atom. The summed E-state index contributed by atoms with van der Waals surface area (Å²) in [6, 6.07) is 9.22. The van der Waals surface area contributed by atoms with E-state index in [1.54, 1.807) is 0 Å². The monoisotopic (exact) mass is 403 g/mol. The molecule has 0 aromatic heterocycles. The van der Waals surface area contributed by atoms with Crippen molar-refractivity contribution < 1.29 is 18.8 Å². The van der Waals surface area contributed by atoms with E-state index in [0.29, 0.717) is 19.3 Å². The highest BCUT2D eigenvalue weighted by molar-refractivity contribution is 6.74. The van der Waals surface area contributed by atoms with E-state index in [0.717, 1.165) is 5.56 Å². The third-order valence-electron chi connectivity index (χ3n) is 5.49. The Hall–Kier alpha value is -1.92. The summed E-state index contributed by atoms with van der Waals surface area (Å²) in [4.78, 5) is 25.0. The number of esters is 1. The standard InChI is InChI=1S/C22H33NO4Si/c1-22(2,3)28(4,5)27-19-14-10-7-11-15-20(24)23-18(16-26-21(19)25)17-12-8-6-9-13-17/h6-10,12-13,18-19H,11,14-16H2,1-5H3,(H,23,24)/b10-7-/t18-,19+/m0/s1. The van der Waals surface area contributed by atoms with Crippen LogP contribution in [0.1, 0.15) is 51.6 Å². The molecule has 2 rings (SSSR count). The highest BCUT2D eigenvalue weighted by Gasteiger charge is 2.41. The van der Waals surface area contributed by atoms with Crippen molar-refractivity contribution in [1.82, 2.24) is 5.32 Å². The van der Waals surface area contributed by atoms with Crippen molar-refractivity contribution in [1.29, 1.82) is 0 Å². The van der Waals surface area contributed by atoms with Gasteiger partial charge in [-0.25, -0.2) is 4.79 Å². The lowest BCUT2D eigenvalue weighted by Gasteiger charge is -2.38. The van der Waals surface area contributed by atoms with E-state index < -0.39 is 14.4 Å². The first kappa shape index (κ1) is 22.4. The number of cyclic esters (lactones) is 1. The van der Waals surface area contributed by atoms with E-state index in [-0.39, 0.29) is 29.6 Å². The molecular formula is C22H33NO4Si. The van der Waals surface area contributed by atoms with Crippen molar-refractivity contribution in [2.24, 2.45) is 0 Å². The fraction of sp³-hybridized carbons (Fsp3) is 0.545. The Balaban J connectivity index is 2.19. The van der Waals surface area contributed by atoms with Gasteiger partial charge in [0, 0.05) is 12.8 Å². The zero-order valence-electron chi connectivity index (χ0n) is 17.7. The number of amides is 1. The molecule has 6 heteroatoms. The maximum Gasteiger partial charge on any atom is 0.334 e. The van der Waals surface area contributed by atoms with Crippen molar-refractivity contribution in [2.45, 2.75) is 70.3 Å². The molecule has 1 heterocycles. The Morgan fingerprint density at radius 3 is 2.43 bits per heavy atom. The molecule has 154 valence electrons. The summed E-state index contributed by atoms with van der Waals surface area (Å²) in [5, 5.41) is 2.98. The summed E-state index contributed by atoms with van der Waals surface area (Å²) in [6.45, 7) is 10.8. The number of carbonyl (C=O) groups is 2. The summed E-state index contributed by atoms with van der Waals surface area (Å²) in [5.41, 5.74) is 0.915. The van der Waals surface area contributed by atoms with Crippen LogP contribution in [0.2, 0.25) is 18.1 Å². The minimum Gasteiger partial charge on any atom is -0.461 e. The lowest BCUT2D eigenvalue weighted by molar-refractivity contribution is -0.153. The van der Waals surface area contributed by atoms with Crippen LogP contribution in [0, 0.1) is 0 Å². The Kier molecular flexibility index (Phi) is 7.60. The minimum atomic E-state index is -2.12. The molecule has 0 fully saturated rings. The fourth-order valence-electron chi connectivity index (χ4n) is 2.71. The van der Waals surface area contributed by atoms with Gasteiger partial charge in [-0.15, -0.1) is 0 Å². The molecule has 0 aliphatic carbocycles. The molecule has 2 atom stereocenters. The van der Waals surface area contributed by atoms with Gasteiger partial charge in [0.25, 0.3) is 0 Å². The van der Waals surface area contributed by atoms with E-state index in [4.69, 9.17) is 9.16 Å². The van der Waals surface area contributed by atoms with Crippen molar-refractivity contribution in [3.63, 3.8) is 0 Å². The average molecular weight is 404 g/mol. The molecule has 1 aromatic rings. The van der Waals surface area contributed by atoms with Crippen molar-refractivity contribution >= 4 is 20.2 Å². The number of carbonyl (C=O) groups excluding carboxylic acids is 2. The van der Waals surface area contributed by atoms with Gasteiger partial charge >= 0.3 is 5.97 Å². The van der Waals surface area contributed by atoms with Crippen LogP contribution in [0.15, 0.2) is 42.5 Å². The molecule has 1 N–H and O–H groups in total. The molecule has 1 amide bonds. The number of benzene rings is 1. The molecular weight excluding hydrogens is 370 g/mol. The maximum atomic E-state index is 12.8. The number of ether oxygens (including phenoxy) is 1. The van der Waals surface area contributed by atoms with Gasteiger partial charge in [-0.05, 0) is 30.1 Å². The second-order valence-electron chi connectivity index (χ2n) is 8.77. The number of nitrogens with one attached hydrogen (secondary N) is 1. The summed E-state index contributed by atoms with van der Waals surface area (Å²) in [7, 11) is -2.12.